The van der Waals surface area contributed by atoms with Crippen LogP contribution in [0.2, 0.25) is 0 Å². The van der Waals surface area contributed by atoms with E-state index in [9.17, 15) is 14.4 Å². The molecule has 4 heterocycles. The SMILES string of the molecule is Cn1c(=O)c2c(ncn2CC(=O)N(Cc2ccco2)Cc2cccs2)n(C)c1=O. The quantitative estimate of drug-likeness (QED) is 0.475. The minimum atomic E-state index is -0.482. The van der Waals surface area contributed by atoms with Gasteiger partial charge in [-0.2, -0.15) is 0 Å². The molecule has 1 amide bonds. The standard InChI is InChI=1S/C19H19N5O4S/c1-21-17-16(18(26)22(2)19(21)27)24(12-20-17)11-15(25)23(9-13-5-3-7-28-13)10-14-6-4-8-29-14/h3-8,12H,9-11H2,1-2H3. The fraction of sp³-hybridized carbons (Fsp3) is 0.263. The second kappa shape index (κ2) is 7.55. The van der Waals surface area contributed by atoms with Gasteiger partial charge in [0, 0.05) is 19.0 Å². The van der Waals surface area contributed by atoms with E-state index < -0.39 is 11.2 Å². The minimum absolute atomic E-state index is 0.0734. The number of rotatable bonds is 6. The van der Waals surface area contributed by atoms with Crippen LogP contribution >= 0.6 is 11.3 Å². The molecule has 0 fully saturated rings. The molecule has 0 saturated heterocycles. The Balaban J connectivity index is 1.67. The molecule has 29 heavy (non-hydrogen) atoms. The van der Waals surface area contributed by atoms with E-state index in [4.69, 9.17) is 4.42 Å². The Morgan fingerprint density at radius 3 is 2.69 bits per heavy atom. The third-order valence-electron chi connectivity index (χ3n) is 4.73. The third-order valence-corrected chi connectivity index (χ3v) is 5.59. The van der Waals surface area contributed by atoms with Gasteiger partial charge in [-0.15, -0.1) is 11.3 Å². The molecule has 150 valence electrons. The van der Waals surface area contributed by atoms with Crippen molar-refractivity contribution in [3.8, 4) is 0 Å². The second-order valence-corrected chi connectivity index (χ2v) is 7.69. The van der Waals surface area contributed by atoms with Crippen LogP contribution in [0.1, 0.15) is 10.6 Å². The maximum atomic E-state index is 13.1. The van der Waals surface area contributed by atoms with Gasteiger partial charge in [-0.3, -0.25) is 18.7 Å². The van der Waals surface area contributed by atoms with Gasteiger partial charge in [0.2, 0.25) is 5.91 Å². The summed E-state index contributed by atoms with van der Waals surface area (Å²) in [6.07, 6.45) is 2.98. The number of fused-ring (bicyclic) bond motifs is 1. The van der Waals surface area contributed by atoms with Crippen LogP contribution in [0.5, 0.6) is 0 Å². The van der Waals surface area contributed by atoms with Crippen molar-refractivity contribution in [2.45, 2.75) is 19.6 Å². The molecule has 0 unspecified atom stereocenters. The number of imidazole rings is 1. The van der Waals surface area contributed by atoms with Gasteiger partial charge < -0.3 is 13.9 Å². The van der Waals surface area contributed by atoms with E-state index >= 15 is 0 Å². The minimum Gasteiger partial charge on any atom is -0.467 e. The summed E-state index contributed by atoms with van der Waals surface area (Å²) in [6.45, 7) is 0.670. The van der Waals surface area contributed by atoms with E-state index in [0.29, 0.717) is 18.8 Å². The predicted molar refractivity (Wildman–Crippen MR) is 107 cm³/mol. The van der Waals surface area contributed by atoms with Gasteiger partial charge in [-0.25, -0.2) is 9.78 Å². The fourth-order valence-corrected chi connectivity index (χ4v) is 3.90. The van der Waals surface area contributed by atoms with E-state index in [-0.39, 0.29) is 23.6 Å². The zero-order chi connectivity index (χ0) is 20.5. The van der Waals surface area contributed by atoms with Gasteiger partial charge >= 0.3 is 5.69 Å². The van der Waals surface area contributed by atoms with Crippen molar-refractivity contribution < 1.29 is 9.21 Å². The first-order valence-corrected chi connectivity index (χ1v) is 9.77. The predicted octanol–water partition coefficient (Wildman–Crippen LogP) is 1.32. The number of aromatic nitrogens is 4. The van der Waals surface area contributed by atoms with Crippen LogP contribution in [0, 0.1) is 0 Å². The molecule has 0 saturated carbocycles. The van der Waals surface area contributed by atoms with Crippen LogP contribution in [0.3, 0.4) is 0 Å². The van der Waals surface area contributed by atoms with Crippen molar-refractivity contribution in [1.82, 2.24) is 23.6 Å². The molecule has 0 aliphatic heterocycles. The summed E-state index contributed by atoms with van der Waals surface area (Å²) >= 11 is 1.56. The highest BCUT2D eigenvalue weighted by atomic mass is 32.1. The summed E-state index contributed by atoms with van der Waals surface area (Å²) in [7, 11) is 2.95. The molecule has 0 aliphatic rings. The molecule has 4 aromatic heterocycles. The van der Waals surface area contributed by atoms with E-state index in [1.54, 1.807) is 35.6 Å². The number of amides is 1. The van der Waals surface area contributed by atoms with Gasteiger partial charge in [0.1, 0.15) is 12.3 Å². The summed E-state index contributed by atoms with van der Waals surface area (Å²) in [6, 6.07) is 7.48. The molecule has 4 aromatic rings. The van der Waals surface area contributed by atoms with Crippen LogP contribution in [-0.4, -0.2) is 29.5 Å². The summed E-state index contributed by atoms with van der Waals surface area (Å²) in [5.41, 5.74) is -0.473. The number of carbonyl (C=O) groups is 1. The lowest BCUT2D eigenvalue weighted by atomic mass is 10.3. The number of thiophene rings is 1. The maximum Gasteiger partial charge on any atom is 0.332 e. The van der Waals surface area contributed by atoms with E-state index in [2.05, 4.69) is 4.98 Å². The molecule has 4 rings (SSSR count). The van der Waals surface area contributed by atoms with Gasteiger partial charge in [-0.1, -0.05) is 6.07 Å². The van der Waals surface area contributed by atoms with Crippen LogP contribution < -0.4 is 11.2 Å². The van der Waals surface area contributed by atoms with Crippen LogP contribution in [-0.2, 0) is 38.5 Å². The molecular formula is C19H19N5O4S. The summed E-state index contributed by atoms with van der Waals surface area (Å²) < 4.78 is 9.20. The van der Waals surface area contributed by atoms with Gasteiger partial charge in [0.25, 0.3) is 5.56 Å². The average Bonchev–Trinajstić information content (AvgIpc) is 3.46. The van der Waals surface area contributed by atoms with Crippen molar-refractivity contribution in [1.29, 1.82) is 0 Å². The smallest absolute Gasteiger partial charge is 0.332 e. The molecule has 0 aromatic carbocycles. The Morgan fingerprint density at radius 1 is 1.17 bits per heavy atom. The number of furan rings is 1. The third kappa shape index (κ3) is 3.54. The molecule has 0 aliphatic carbocycles. The number of nitrogens with zero attached hydrogens (tertiary/aromatic N) is 5. The first-order valence-electron chi connectivity index (χ1n) is 8.89. The second-order valence-electron chi connectivity index (χ2n) is 6.66. The fourth-order valence-electron chi connectivity index (χ4n) is 3.18. The molecule has 0 bridgehead atoms. The van der Waals surface area contributed by atoms with Crippen molar-refractivity contribution >= 4 is 28.4 Å². The average molecular weight is 413 g/mol. The summed E-state index contributed by atoms with van der Waals surface area (Å²) in [5, 5.41) is 1.96. The zero-order valence-electron chi connectivity index (χ0n) is 15.9. The first-order chi connectivity index (χ1) is 14.0. The van der Waals surface area contributed by atoms with Crippen LogP contribution in [0.15, 0.2) is 56.2 Å². The Bertz CT molecular complexity index is 1230. The first kappa shape index (κ1) is 18.9. The number of carbonyl (C=O) groups excluding carboxylic acids is 1. The maximum absolute atomic E-state index is 13.1. The van der Waals surface area contributed by atoms with Gasteiger partial charge in [0.05, 0.1) is 25.7 Å². The van der Waals surface area contributed by atoms with Crippen LogP contribution in [0.4, 0.5) is 0 Å². The van der Waals surface area contributed by atoms with Gasteiger partial charge in [-0.05, 0) is 23.6 Å². The van der Waals surface area contributed by atoms with Crippen molar-refractivity contribution in [3.63, 3.8) is 0 Å². The van der Waals surface area contributed by atoms with E-state index in [0.717, 1.165) is 9.44 Å². The van der Waals surface area contributed by atoms with E-state index in [1.807, 2.05) is 23.6 Å². The molecule has 0 spiro atoms. The number of hydrogen-bond donors (Lipinski definition) is 0. The van der Waals surface area contributed by atoms with Crippen molar-refractivity contribution in [2.75, 3.05) is 0 Å². The molecule has 10 heteroatoms. The van der Waals surface area contributed by atoms with Crippen LogP contribution in [0.25, 0.3) is 11.2 Å². The number of hydrogen-bond acceptors (Lipinski definition) is 6. The topological polar surface area (TPSA) is 95.3 Å². The summed E-state index contributed by atoms with van der Waals surface area (Å²) in [5.74, 6) is 0.480. The highest BCUT2D eigenvalue weighted by molar-refractivity contribution is 7.09. The van der Waals surface area contributed by atoms with E-state index in [1.165, 1.54) is 22.5 Å². The monoisotopic (exact) mass is 413 g/mol. The summed E-state index contributed by atoms with van der Waals surface area (Å²) in [4.78, 5) is 44.7. The zero-order valence-corrected chi connectivity index (χ0v) is 16.8. The lowest BCUT2D eigenvalue weighted by Crippen LogP contribution is -2.38. The highest BCUT2D eigenvalue weighted by Gasteiger charge is 2.20. The van der Waals surface area contributed by atoms with Gasteiger partial charge in [0.15, 0.2) is 11.2 Å². The normalized spacial score (nSPS) is 11.2. The Hall–Kier alpha value is -3.40. The Labute approximate surface area is 169 Å². The van der Waals surface area contributed by atoms with Crippen molar-refractivity contribution in [3.05, 3.63) is 73.7 Å². The molecule has 0 atom stereocenters. The van der Waals surface area contributed by atoms with Crippen molar-refractivity contribution in [2.24, 2.45) is 14.1 Å². The molecule has 0 N–H and O–H groups in total. The largest absolute Gasteiger partial charge is 0.467 e. The number of aryl methyl sites for hydroxylation is 1. The molecule has 9 nitrogen and oxygen atoms in total. The lowest BCUT2D eigenvalue weighted by Gasteiger charge is -2.21. The Morgan fingerprint density at radius 2 is 2.00 bits per heavy atom. The molecule has 0 radical (unpaired) electrons. The lowest BCUT2D eigenvalue weighted by molar-refractivity contribution is -0.133. The molecular weight excluding hydrogens is 394 g/mol. The highest BCUT2D eigenvalue weighted by Crippen LogP contribution is 2.16. The Kier molecular flexibility index (Phi) is 4.93.